The number of hydrogen-bond acceptors (Lipinski definition) is 7. The molecular weight excluding hydrogens is 348 g/mol. The lowest BCUT2D eigenvalue weighted by Gasteiger charge is -2.33. The quantitative estimate of drug-likeness (QED) is 0.798. The van der Waals surface area contributed by atoms with E-state index in [-0.39, 0.29) is 6.09 Å². The molecule has 2 aromatic rings. The molecule has 1 aliphatic heterocycles. The number of carbonyl (C=O) groups is 1. The van der Waals surface area contributed by atoms with Gasteiger partial charge in [-0.3, -0.25) is 0 Å². The van der Waals surface area contributed by atoms with Gasteiger partial charge >= 0.3 is 6.09 Å². The molecular formula is C19H24N4O4. The van der Waals surface area contributed by atoms with Crippen LogP contribution in [0.1, 0.15) is 6.92 Å². The van der Waals surface area contributed by atoms with Gasteiger partial charge in [0.1, 0.15) is 0 Å². The monoisotopic (exact) mass is 372 g/mol. The number of nitrogens with zero attached hydrogens (tertiary/aromatic N) is 4. The van der Waals surface area contributed by atoms with Crippen molar-refractivity contribution in [1.82, 2.24) is 14.9 Å². The lowest BCUT2D eigenvalue weighted by molar-refractivity contribution is 0.105. The molecule has 3 rings (SSSR count). The van der Waals surface area contributed by atoms with Crippen molar-refractivity contribution in [2.45, 2.75) is 6.92 Å². The van der Waals surface area contributed by atoms with Gasteiger partial charge < -0.3 is 24.0 Å². The number of hydrogen-bond donors (Lipinski definition) is 0. The van der Waals surface area contributed by atoms with E-state index in [1.165, 1.54) is 0 Å². The fourth-order valence-electron chi connectivity index (χ4n) is 2.95. The number of ether oxygens (including phenoxy) is 3. The van der Waals surface area contributed by atoms with Crippen LogP contribution in [0.2, 0.25) is 0 Å². The average Bonchev–Trinajstić information content (AvgIpc) is 2.73. The first kappa shape index (κ1) is 18.8. The fourth-order valence-corrected chi connectivity index (χ4v) is 2.95. The summed E-state index contributed by atoms with van der Waals surface area (Å²) in [5.74, 6) is 2.00. The van der Waals surface area contributed by atoms with Crippen molar-refractivity contribution in [2.75, 3.05) is 51.9 Å². The van der Waals surface area contributed by atoms with Crippen molar-refractivity contribution < 1.29 is 19.0 Å². The second-order valence-electron chi connectivity index (χ2n) is 6.01. The Labute approximate surface area is 158 Å². The molecule has 8 nitrogen and oxygen atoms in total. The number of benzene rings is 1. The number of methoxy groups -OCH3 is 2. The summed E-state index contributed by atoms with van der Waals surface area (Å²) in [5.41, 5.74) is 1.84. The highest BCUT2D eigenvalue weighted by Crippen LogP contribution is 2.32. The molecule has 1 amide bonds. The first-order valence-electron chi connectivity index (χ1n) is 8.87. The van der Waals surface area contributed by atoms with Gasteiger partial charge in [-0.1, -0.05) is 6.07 Å². The van der Waals surface area contributed by atoms with Crippen LogP contribution in [0.15, 0.2) is 30.6 Å². The number of piperazine rings is 1. The highest BCUT2D eigenvalue weighted by Gasteiger charge is 2.23. The topological polar surface area (TPSA) is 77.0 Å². The largest absolute Gasteiger partial charge is 0.493 e. The molecule has 0 atom stereocenters. The van der Waals surface area contributed by atoms with E-state index in [1.807, 2.05) is 25.1 Å². The third-order valence-electron chi connectivity index (χ3n) is 4.44. The molecule has 0 unspecified atom stereocenters. The van der Waals surface area contributed by atoms with Gasteiger partial charge in [0.15, 0.2) is 11.5 Å². The molecule has 1 fully saturated rings. The Kier molecular flexibility index (Phi) is 5.95. The zero-order valence-corrected chi connectivity index (χ0v) is 15.8. The van der Waals surface area contributed by atoms with Crippen LogP contribution in [-0.2, 0) is 4.74 Å². The van der Waals surface area contributed by atoms with Crippen molar-refractivity contribution in [3.8, 4) is 22.6 Å². The van der Waals surface area contributed by atoms with E-state index in [1.54, 1.807) is 31.5 Å². The number of amides is 1. The molecule has 0 N–H and O–H groups in total. The van der Waals surface area contributed by atoms with Gasteiger partial charge in [-0.15, -0.1) is 0 Å². The maximum absolute atomic E-state index is 11.8. The minimum absolute atomic E-state index is 0.262. The van der Waals surface area contributed by atoms with Crippen LogP contribution >= 0.6 is 0 Å². The number of anilines is 1. The SMILES string of the molecule is CCOC(=O)N1CCN(c2ncc(-c3ccc(OC)c(OC)c3)cn2)CC1. The van der Waals surface area contributed by atoms with Crippen molar-refractivity contribution in [3.63, 3.8) is 0 Å². The molecule has 1 aliphatic rings. The van der Waals surface area contributed by atoms with Gasteiger partial charge in [-0.2, -0.15) is 0 Å². The van der Waals surface area contributed by atoms with Gasteiger partial charge in [0.25, 0.3) is 0 Å². The van der Waals surface area contributed by atoms with Crippen molar-refractivity contribution >= 4 is 12.0 Å². The summed E-state index contributed by atoms with van der Waals surface area (Å²) in [4.78, 5) is 24.5. The molecule has 2 heterocycles. The maximum Gasteiger partial charge on any atom is 0.409 e. The van der Waals surface area contributed by atoms with E-state index in [9.17, 15) is 4.79 Å². The zero-order chi connectivity index (χ0) is 19.2. The van der Waals surface area contributed by atoms with E-state index < -0.39 is 0 Å². The van der Waals surface area contributed by atoms with Crippen molar-refractivity contribution in [2.24, 2.45) is 0 Å². The summed E-state index contributed by atoms with van der Waals surface area (Å²) in [5, 5.41) is 0. The highest BCUT2D eigenvalue weighted by molar-refractivity contribution is 5.68. The predicted molar refractivity (Wildman–Crippen MR) is 101 cm³/mol. The Balaban J connectivity index is 1.67. The van der Waals surface area contributed by atoms with Crippen LogP contribution in [0, 0.1) is 0 Å². The number of rotatable bonds is 5. The van der Waals surface area contributed by atoms with Crippen LogP contribution < -0.4 is 14.4 Å². The van der Waals surface area contributed by atoms with E-state index >= 15 is 0 Å². The summed E-state index contributed by atoms with van der Waals surface area (Å²) in [6.45, 7) is 4.74. The summed E-state index contributed by atoms with van der Waals surface area (Å²) < 4.78 is 15.7. The van der Waals surface area contributed by atoms with Crippen LogP contribution in [0.3, 0.4) is 0 Å². The Bertz CT molecular complexity index is 774. The van der Waals surface area contributed by atoms with Crippen molar-refractivity contribution in [1.29, 1.82) is 0 Å². The molecule has 1 aromatic carbocycles. The molecule has 1 saturated heterocycles. The van der Waals surface area contributed by atoms with Gasteiger partial charge in [0, 0.05) is 44.1 Å². The van der Waals surface area contributed by atoms with Gasteiger partial charge in [-0.05, 0) is 24.6 Å². The number of carbonyl (C=O) groups excluding carboxylic acids is 1. The van der Waals surface area contributed by atoms with Gasteiger partial charge in [0.05, 0.1) is 20.8 Å². The predicted octanol–water partition coefficient (Wildman–Crippen LogP) is 2.44. The molecule has 27 heavy (non-hydrogen) atoms. The average molecular weight is 372 g/mol. The van der Waals surface area contributed by atoms with Crippen molar-refractivity contribution in [3.05, 3.63) is 30.6 Å². The summed E-state index contributed by atoms with van der Waals surface area (Å²) >= 11 is 0. The molecule has 0 spiro atoms. The summed E-state index contributed by atoms with van der Waals surface area (Å²) in [6, 6.07) is 5.70. The molecule has 0 aliphatic carbocycles. The van der Waals surface area contributed by atoms with Gasteiger partial charge in [-0.25, -0.2) is 14.8 Å². The third-order valence-corrected chi connectivity index (χ3v) is 4.44. The van der Waals surface area contributed by atoms with Gasteiger partial charge in [0.2, 0.25) is 5.95 Å². The Morgan fingerprint density at radius 1 is 1.00 bits per heavy atom. The summed E-state index contributed by atoms with van der Waals surface area (Å²) in [7, 11) is 3.22. The highest BCUT2D eigenvalue weighted by atomic mass is 16.6. The molecule has 0 bridgehead atoms. The molecule has 0 saturated carbocycles. The summed E-state index contributed by atoms with van der Waals surface area (Å²) in [6.07, 6.45) is 3.32. The van der Waals surface area contributed by atoms with E-state index in [4.69, 9.17) is 14.2 Å². The first-order chi connectivity index (χ1) is 13.2. The maximum atomic E-state index is 11.8. The standard InChI is InChI=1S/C19H24N4O4/c1-4-27-19(24)23-9-7-22(8-10-23)18-20-12-15(13-21-18)14-5-6-16(25-2)17(11-14)26-3/h5-6,11-13H,4,7-10H2,1-3H3. The molecule has 8 heteroatoms. The Morgan fingerprint density at radius 3 is 2.26 bits per heavy atom. The molecule has 0 radical (unpaired) electrons. The van der Waals surface area contributed by atoms with E-state index in [2.05, 4.69) is 14.9 Å². The van der Waals surface area contributed by atoms with Crippen LogP contribution in [0.25, 0.3) is 11.1 Å². The molecule has 1 aromatic heterocycles. The number of aromatic nitrogens is 2. The Hall–Kier alpha value is -3.03. The second kappa shape index (κ2) is 8.57. The van der Waals surface area contributed by atoms with E-state index in [0.29, 0.717) is 50.2 Å². The zero-order valence-electron chi connectivity index (χ0n) is 15.8. The minimum atomic E-state index is -0.262. The fraction of sp³-hybridized carbons (Fsp3) is 0.421. The van der Waals surface area contributed by atoms with E-state index in [0.717, 1.165) is 11.1 Å². The first-order valence-corrected chi connectivity index (χ1v) is 8.87. The van der Waals surface area contributed by atoms with Crippen LogP contribution in [0.4, 0.5) is 10.7 Å². The third kappa shape index (κ3) is 4.21. The Morgan fingerprint density at radius 2 is 1.67 bits per heavy atom. The van der Waals surface area contributed by atoms with Crippen LogP contribution in [-0.4, -0.2) is 68.0 Å². The minimum Gasteiger partial charge on any atom is -0.493 e. The molecule has 144 valence electrons. The van der Waals surface area contributed by atoms with Crippen LogP contribution in [0.5, 0.6) is 11.5 Å². The lowest BCUT2D eigenvalue weighted by Crippen LogP contribution is -2.49. The normalized spacial score (nSPS) is 14.0. The lowest BCUT2D eigenvalue weighted by atomic mass is 10.1. The second-order valence-corrected chi connectivity index (χ2v) is 6.01. The smallest absolute Gasteiger partial charge is 0.409 e.